The van der Waals surface area contributed by atoms with E-state index in [-0.39, 0.29) is 11.6 Å². The lowest BCUT2D eigenvalue weighted by Crippen LogP contribution is -2.39. The van der Waals surface area contributed by atoms with Crippen LogP contribution in [-0.2, 0) is 13.0 Å². The first kappa shape index (κ1) is 19.9. The largest absolute Gasteiger partial charge is 0.497 e. The first-order valence-corrected chi connectivity index (χ1v) is 9.87. The van der Waals surface area contributed by atoms with Crippen molar-refractivity contribution >= 4 is 6.03 Å². The molecule has 1 aliphatic rings. The van der Waals surface area contributed by atoms with Gasteiger partial charge >= 0.3 is 6.03 Å². The molecule has 150 valence electrons. The Balaban J connectivity index is 1.37. The monoisotopic (exact) mass is 384 g/mol. The first-order valence-electron chi connectivity index (χ1n) is 9.87. The van der Waals surface area contributed by atoms with E-state index in [1.54, 1.807) is 19.5 Å². The highest BCUT2D eigenvalue weighted by atomic mass is 16.5. The third-order valence-electron chi connectivity index (χ3n) is 5.17. The number of aromatic nitrogens is 2. The van der Waals surface area contributed by atoms with Crippen molar-refractivity contribution in [2.24, 2.45) is 0 Å². The number of rotatable bonds is 8. The minimum Gasteiger partial charge on any atom is -0.497 e. The molecule has 1 aliphatic carbocycles. The molecule has 1 saturated carbocycles. The van der Waals surface area contributed by atoms with Crippen LogP contribution in [0, 0.1) is 0 Å². The van der Waals surface area contributed by atoms with E-state index in [4.69, 9.17) is 4.74 Å². The van der Waals surface area contributed by atoms with Gasteiger partial charge in [-0.2, -0.15) is 0 Å². The average molecular weight is 384 g/mol. The topological polar surface area (TPSA) is 85.2 Å². The zero-order valence-electron chi connectivity index (χ0n) is 16.3. The molecule has 1 aromatic heterocycles. The summed E-state index contributed by atoms with van der Waals surface area (Å²) in [6, 6.07) is 9.17. The van der Waals surface area contributed by atoms with E-state index in [1.807, 2.05) is 24.3 Å². The third kappa shape index (κ3) is 5.58. The number of nitrogens with one attached hydrogen (secondary N) is 2. The van der Waals surface area contributed by atoms with Crippen molar-refractivity contribution in [1.82, 2.24) is 20.2 Å². The Morgan fingerprint density at radius 2 is 1.89 bits per heavy atom. The second-order valence-corrected chi connectivity index (χ2v) is 7.11. The predicted octanol–water partition coefficient (Wildman–Crippen LogP) is 2.45. The fourth-order valence-corrected chi connectivity index (χ4v) is 3.52. The summed E-state index contributed by atoms with van der Waals surface area (Å²) in [5.74, 6) is 1.24. The van der Waals surface area contributed by atoms with Crippen molar-refractivity contribution in [3.05, 3.63) is 58.3 Å². The van der Waals surface area contributed by atoms with Crippen molar-refractivity contribution in [2.75, 3.05) is 20.2 Å². The summed E-state index contributed by atoms with van der Waals surface area (Å²) in [5.41, 5.74) is 1.97. The molecule has 1 aromatic carbocycles. The summed E-state index contributed by atoms with van der Waals surface area (Å²) in [5, 5.41) is 5.60. The van der Waals surface area contributed by atoms with Crippen LogP contribution in [0.4, 0.5) is 4.79 Å². The zero-order valence-corrected chi connectivity index (χ0v) is 16.3. The Morgan fingerprint density at radius 1 is 1.18 bits per heavy atom. The highest BCUT2D eigenvalue weighted by molar-refractivity contribution is 5.73. The number of carbonyl (C=O) groups is 1. The molecule has 28 heavy (non-hydrogen) atoms. The summed E-state index contributed by atoms with van der Waals surface area (Å²) in [4.78, 5) is 28.6. The van der Waals surface area contributed by atoms with E-state index in [0.29, 0.717) is 25.6 Å². The van der Waals surface area contributed by atoms with Gasteiger partial charge in [-0.25, -0.2) is 9.78 Å². The second-order valence-electron chi connectivity index (χ2n) is 7.11. The lowest BCUT2D eigenvalue weighted by atomic mass is 10.0. The molecule has 0 saturated heterocycles. The van der Waals surface area contributed by atoms with Gasteiger partial charge in [-0.3, -0.25) is 9.36 Å². The smallest absolute Gasteiger partial charge is 0.314 e. The molecule has 0 aliphatic heterocycles. The molecule has 2 N–H and O–H groups in total. The minimum atomic E-state index is -0.239. The van der Waals surface area contributed by atoms with Crippen LogP contribution in [0.15, 0.2) is 41.5 Å². The second kappa shape index (κ2) is 9.92. The van der Waals surface area contributed by atoms with Crippen molar-refractivity contribution in [3.63, 3.8) is 0 Å². The minimum absolute atomic E-state index is 0.0568. The molecule has 0 bridgehead atoms. The van der Waals surface area contributed by atoms with E-state index in [2.05, 4.69) is 15.6 Å². The lowest BCUT2D eigenvalue weighted by Gasteiger charge is -2.11. The van der Waals surface area contributed by atoms with Crippen LogP contribution >= 0.6 is 0 Å². The van der Waals surface area contributed by atoms with Gasteiger partial charge in [0.05, 0.1) is 19.1 Å². The maximum Gasteiger partial charge on any atom is 0.314 e. The molecule has 2 amide bonds. The van der Waals surface area contributed by atoms with E-state index in [1.165, 1.54) is 17.4 Å². The zero-order chi connectivity index (χ0) is 19.8. The maximum absolute atomic E-state index is 12.2. The van der Waals surface area contributed by atoms with Crippen LogP contribution in [0.25, 0.3) is 0 Å². The number of carbonyl (C=O) groups excluding carboxylic acids is 1. The van der Waals surface area contributed by atoms with Crippen LogP contribution in [0.5, 0.6) is 5.75 Å². The maximum atomic E-state index is 12.2. The number of urea groups is 1. The molecule has 1 fully saturated rings. The van der Waals surface area contributed by atoms with Crippen LogP contribution in [0.3, 0.4) is 0 Å². The molecular formula is C21H28N4O3. The summed E-state index contributed by atoms with van der Waals surface area (Å²) < 4.78 is 6.66. The SMILES string of the molecule is COc1ccc(CCNC(=O)NCCn2cnc(C3CCCC3)cc2=O)cc1. The normalized spacial score (nSPS) is 14.0. The average Bonchev–Trinajstić information content (AvgIpc) is 3.24. The lowest BCUT2D eigenvalue weighted by molar-refractivity contribution is 0.240. The quantitative estimate of drug-likeness (QED) is 0.732. The number of hydrogen-bond acceptors (Lipinski definition) is 4. The van der Waals surface area contributed by atoms with Crippen molar-refractivity contribution in [1.29, 1.82) is 0 Å². The van der Waals surface area contributed by atoms with E-state index in [9.17, 15) is 9.59 Å². The van der Waals surface area contributed by atoms with Gasteiger partial charge in [-0.05, 0) is 37.0 Å². The molecule has 2 aromatic rings. The van der Waals surface area contributed by atoms with Gasteiger partial charge < -0.3 is 15.4 Å². The van der Waals surface area contributed by atoms with Gasteiger partial charge in [0, 0.05) is 31.6 Å². The fourth-order valence-electron chi connectivity index (χ4n) is 3.52. The van der Waals surface area contributed by atoms with Gasteiger partial charge in [-0.1, -0.05) is 25.0 Å². The number of ether oxygens (including phenoxy) is 1. The highest BCUT2D eigenvalue weighted by Crippen LogP contribution is 2.32. The molecular weight excluding hydrogens is 356 g/mol. The summed E-state index contributed by atoms with van der Waals surface area (Å²) in [7, 11) is 1.63. The fraction of sp³-hybridized carbons (Fsp3) is 0.476. The van der Waals surface area contributed by atoms with E-state index < -0.39 is 0 Å². The first-order chi connectivity index (χ1) is 13.7. The molecule has 0 atom stereocenters. The van der Waals surface area contributed by atoms with Gasteiger partial charge in [0.1, 0.15) is 5.75 Å². The van der Waals surface area contributed by atoms with E-state index >= 15 is 0 Å². The van der Waals surface area contributed by atoms with E-state index in [0.717, 1.165) is 36.3 Å². The van der Waals surface area contributed by atoms with Crippen LogP contribution in [0.2, 0.25) is 0 Å². The number of methoxy groups -OCH3 is 1. The molecule has 7 nitrogen and oxygen atoms in total. The van der Waals surface area contributed by atoms with Gasteiger partial charge in [0.2, 0.25) is 0 Å². The molecule has 0 radical (unpaired) electrons. The van der Waals surface area contributed by atoms with Crippen molar-refractivity contribution in [2.45, 2.75) is 44.6 Å². The van der Waals surface area contributed by atoms with Crippen molar-refractivity contribution < 1.29 is 9.53 Å². The predicted molar refractivity (Wildman–Crippen MR) is 108 cm³/mol. The summed E-state index contributed by atoms with van der Waals surface area (Å²) in [6.45, 7) is 1.32. The summed E-state index contributed by atoms with van der Waals surface area (Å²) in [6.07, 6.45) is 7.01. The molecule has 0 unspecified atom stereocenters. The van der Waals surface area contributed by atoms with Gasteiger partial charge in [0.15, 0.2) is 0 Å². The number of nitrogens with zero attached hydrogens (tertiary/aromatic N) is 2. The van der Waals surface area contributed by atoms with Gasteiger partial charge in [-0.15, -0.1) is 0 Å². The third-order valence-corrected chi connectivity index (χ3v) is 5.17. The van der Waals surface area contributed by atoms with Gasteiger partial charge in [0.25, 0.3) is 5.56 Å². The Kier molecular flexibility index (Phi) is 7.06. The summed E-state index contributed by atoms with van der Waals surface area (Å²) >= 11 is 0. The molecule has 0 spiro atoms. The highest BCUT2D eigenvalue weighted by Gasteiger charge is 2.18. The Morgan fingerprint density at radius 3 is 2.57 bits per heavy atom. The Hall–Kier alpha value is -2.83. The van der Waals surface area contributed by atoms with Crippen LogP contribution in [-0.4, -0.2) is 35.8 Å². The standard InChI is InChI=1S/C21H28N4O3/c1-28-18-8-6-16(7-9-18)10-11-22-21(27)23-12-13-25-15-24-19(14-20(25)26)17-4-2-3-5-17/h6-9,14-15,17H,2-5,10-13H2,1H3,(H2,22,23,27). The van der Waals surface area contributed by atoms with Crippen LogP contribution < -0.4 is 20.9 Å². The number of hydrogen-bond donors (Lipinski definition) is 2. The Labute approximate surface area is 165 Å². The number of amides is 2. The van der Waals surface area contributed by atoms with Crippen molar-refractivity contribution in [3.8, 4) is 5.75 Å². The molecule has 3 rings (SSSR count). The number of benzene rings is 1. The Bertz CT molecular complexity index is 826. The molecule has 1 heterocycles. The molecule has 7 heteroatoms. The van der Waals surface area contributed by atoms with Crippen LogP contribution in [0.1, 0.15) is 42.9 Å².